The fourth-order valence-corrected chi connectivity index (χ4v) is 4.66. The molecule has 2 amide bonds. The molecular weight excluding hydrogens is 398 g/mol. The maximum atomic E-state index is 12.7. The minimum Gasteiger partial charge on any atom is -0.490 e. The van der Waals surface area contributed by atoms with Crippen LogP contribution in [0.25, 0.3) is 0 Å². The number of carbonyl (C=O) groups excluding carboxylic acids is 2. The third-order valence-corrected chi connectivity index (χ3v) is 6.25. The maximum absolute atomic E-state index is 12.7. The van der Waals surface area contributed by atoms with Crippen LogP contribution >= 0.6 is 0 Å². The predicted molar refractivity (Wildman–Crippen MR) is 115 cm³/mol. The van der Waals surface area contributed by atoms with Gasteiger partial charge in [0, 0.05) is 31.6 Å². The first kappa shape index (κ1) is 21.7. The Morgan fingerprint density at radius 2 is 1.84 bits per heavy atom. The lowest BCUT2D eigenvalue weighted by molar-refractivity contribution is -0.123. The number of ether oxygens (including phenoxy) is 3. The summed E-state index contributed by atoms with van der Waals surface area (Å²) < 4.78 is 16.6. The first-order valence-corrected chi connectivity index (χ1v) is 11.5. The Hall–Kier alpha value is -2.48. The molecule has 0 radical (unpaired) electrons. The Balaban J connectivity index is 1.29. The second-order valence-electron chi connectivity index (χ2n) is 8.41. The van der Waals surface area contributed by atoms with Gasteiger partial charge in [0.05, 0.1) is 26.4 Å². The van der Waals surface area contributed by atoms with E-state index in [1.807, 2.05) is 13.0 Å². The molecule has 2 fully saturated rings. The van der Waals surface area contributed by atoms with Gasteiger partial charge in [0.15, 0.2) is 11.5 Å². The largest absolute Gasteiger partial charge is 0.490 e. The van der Waals surface area contributed by atoms with Crippen LogP contribution in [-0.4, -0.2) is 73.8 Å². The van der Waals surface area contributed by atoms with Crippen LogP contribution in [0, 0.1) is 0 Å². The summed E-state index contributed by atoms with van der Waals surface area (Å²) >= 11 is 0. The molecule has 0 unspecified atom stereocenters. The minimum atomic E-state index is -0.262. The average molecular weight is 432 g/mol. The Bertz CT molecular complexity index is 778. The minimum absolute atomic E-state index is 0.0517. The molecule has 0 saturated carbocycles. The van der Waals surface area contributed by atoms with Gasteiger partial charge in [0.25, 0.3) is 0 Å². The number of fused-ring (bicyclic) bond motifs is 1. The first-order chi connectivity index (χ1) is 15.1. The number of carbonyl (C=O) groups is 2. The van der Waals surface area contributed by atoms with Crippen molar-refractivity contribution in [2.45, 2.75) is 51.1 Å². The van der Waals surface area contributed by atoms with Gasteiger partial charge in [-0.25, -0.2) is 4.79 Å². The number of nitrogens with zero attached hydrogens (tertiary/aromatic N) is 2. The molecule has 1 aromatic rings. The molecule has 0 spiro atoms. The molecule has 2 saturated heterocycles. The van der Waals surface area contributed by atoms with Gasteiger partial charge in [-0.3, -0.25) is 9.69 Å². The van der Waals surface area contributed by atoms with E-state index in [4.69, 9.17) is 14.2 Å². The van der Waals surface area contributed by atoms with Gasteiger partial charge >= 0.3 is 6.09 Å². The van der Waals surface area contributed by atoms with Crippen molar-refractivity contribution in [2.75, 3.05) is 46.0 Å². The van der Waals surface area contributed by atoms with E-state index in [1.54, 1.807) is 4.90 Å². The molecule has 0 bridgehead atoms. The summed E-state index contributed by atoms with van der Waals surface area (Å²) in [6, 6.07) is 6.49. The Labute approximate surface area is 183 Å². The normalized spacial score (nSPS) is 22.1. The standard InChI is InChI=1S/C23H33N3O5/c1-2-29-23(28)25-11-8-18(9-12-25)24-22(27)16-26-10-3-5-19(26)17-6-7-20-21(15-17)31-14-4-13-30-20/h6-7,15,18-19H,2-5,8-14,16H2,1H3,(H,24,27)/t19-/m0/s1. The van der Waals surface area contributed by atoms with Gasteiger partial charge in [-0.2, -0.15) is 0 Å². The zero-order valence-electron chi connectivity index (χ0n) is 18.3. The zero-order valence-corrected chi connectivity index (χ0v) is 18.3. The maximum Gasteiger partial charge on any atom is 0.409 e. The SMILES string of the molecule is CCOC(=O)N1CCC(NC(=O)CN2CCC[C@H]2c2ccc3c(c2)OCCCO3)CC1. The molecule has 170 valence electrons. The quantitative estimate of drug-likeness (QED) is 0.772. The third kappa shape index (κ3) is 5.42. The summed E-state index contributed by atoms with van der Waals surface area (Å²) in [6.45, 7) is 6.08. The molecule has 0 aliphatic carbocycles. The highest BCUT2D eigenvalue weighted by Gasteiger charge is 2.30. The molecule has 1 atom stereocenters. The summed E-state index contributed by atoms with van der Waals surface area (Å²) in [6.07, 6.45) is 4.25. The van der Waals surface area contributed by atoms with Gasteiger partial charge in [0.2, 0.25) is 5.91 Å². The van der Waals surface area contributed by atoms with Crippen LogP contribution < -0.4 is 14.8 Å². The van der Waals surface area contributed by atoms with E-state index >= 15 is 0 Å². The highest BCUT2D eigenvalue weighted by molar-refractivity contribution is 5.78. The molecular formula is C23H33N3O5. The van der Waals surface area contributed by atoms with Crippen LogP contribution in [0.5, 0.6) is 11.5 Å². The Morgan fingerprint density at radius 1 is 1.06 bits per heavy atom. The average Bonchev–Trinajstić information content (AvgIpc) is 3.09. The van der Waals surface area contributed by atoms with Gasteiger partial charge in [-0.15, -0.1) is 0 Å². The molecule has 4 rings (SSSR count). The van der Waals surface area contributed by atoms with E-state index in [-0.39, 0.29) is 24.1 Å². The van der Waals surface area contributed by atoms with Crippen molar-refractivity contribution in [2.24, 2.45) is 0 Å². The van der Waals surface area contributed by atoms with E-state index in [1.165, 1.54) is 5.56 Å². The van der Waals surface area contributed by atoms with Crippen LogP contribution in [0.3, 0.4) is 0 Å². The van der Waals surface area contributed by atoms with Crippen molar-refractivity contribution in [3.8, 4) is 11.5 Å². The van der Waals surface area contributed by atoms with Crippen LogP contribution in [-0.2, 0) is 9.53 Å². The summed E-state index contributed by atoms with van der Waals surface area (Å²) in [5.41, 5.74) is 1.18. The van der Waals surface area contributed by atoms with Crippen molar-refractivity contribution in [3.63, 3.8) is 0 Å². The van der Waals surface area contributed by atoms with Crippen molar-refractivity contribution in [3.05, 3.63) is 23.8 Å². The van der Waals surface area contributed by atoms with Crippen LogP contribution in [0.1, 0.15) is 50.6 Å². The van der Waals surface area contributed by atoms with Gasteiger partial charge in [-0.1, -0.05) is 6.07 Å². The lowest BCUT2D eigenvalue weighted by Crippen LogP contribution is -2.48. The number of piperidine rings is 1. The second kappa shape index (κ2) is 10.2. The number of likely N-dealkylation sites (tertiary alicyclic amines) is 2. The van der Waals surface area contributed by atoms with E-state index in [0.29, 0.717) is 39.5 Å². The number of hydrogen-bond donors (Lipinski definition) is 1. The van der Waals surface area contributed by atoms with Crippen LogP contribution in [0.2, 0.25) is 0 Å². The van der Waals surface area contributed by atoms with E-state index in [9.17, 15) is 9.59 Å². The Kier molecular flexibility index (Phi) is 7.17. The first-order valence-electron chi connectivity index (χ1n) is 11.5. The van der Waals surface area contributed by atoms with Gasteiger partial charge in [0.1, 0.15) is 0 Å². The van der Waals surface area contributed by atoms with Crippen molar-refractivity contribution in [1.29, 1.82) is 0 Å². The van der Waals surface area contributed by atoms with Crippen LogP contribution in [0.15, 0.2) is 18.2 Å². The lowest BCUT2D eigenvalue weighted by Gasteiger charge is -2.32. The lowest BCUT2D eigenvalue weighted by atomic mass is 10.0. The smallest absolute Gasteiger partial charge is 0.409 e. The Morgan fingerprint density at radius 3 is 2.61 bits per heavy atom. The molecule has 3 heterocycles. The van der Waals surface area contributed by atoms with E-state index in [0.717, 1.165) is 50.1 Å². The monoisotopic (exact) mass is 431 g/mol. The fraction of sp³-hybridized carbons (Fsp3) is 0.652. The number of nitrogens with one attached hydrogen (secondary N) is 1. The third-order valence-electron chi connectivity index (χ3n) is 6.25. The number of hydrogen-bond acceptors (Lipinski definition) is 6. The summed E-state index contributed by atoms with van der Waals surface area (Å²) in [7, 11) is 0. The van der Waals surface area contributed by atoms with Gasteiger partial charge < -0.3 is 24.4 Å². The van der Waals surface area contributed by atoms with E-state index < -0.39 is 0 Å². The molecule has 1 aromatic carbocycles. The number of amides is 2. The second-order valence-corrected chi connectivity index (χ2v) is 8.41. The van der Waals surface area contributed by atoms with Crippen molar-refractivity contribution < 1.29 is 23.8 Å². The molecule has 3 aliphatic rings. The van der Waals surface area contributed by atoms with Crippen LogP contribution in [0.4, 0.5) is 4.79 Å². The highest BCUT2D eigenvalue weighted by Crippen LogP contribution is 2.37. The summed E-state index contributed by atoms with van der Waals surface area (Å²) in [4.78, 5) is 28.5. The predicted octanol–water partition coefficient (Wildman–Crippen LogP) is 2.72. The van der Waals surface area contributed by atoms with Crippen molar-refractivity contribution in [1.82, 2.24) is 15.1 Å². The zero-order chi connectivity index (χ0) is 21.6. The van der Waals surface area contributed by atoms with Gasteiger partial charge in [-0.05, 0) is 56.8 Å². The molecule has 8 heteroatoms. The fourth-order valence-electron chi connectivity index (χ4n) is 4.66. The summed E-state index contributed by atoms with van der Waals surface area (Å²) in [5, 5.41) is 3.16. The molecule has 3 aliphatic heterocycles. The molecule has 0 aromatic heterocycles. The van der Waals surface area contributed by atoms with Crippen molar-refractivity contribution >= 4 is 12.0 Å². The molecule has 8 nitrogen and oxygen atoms in total. The number of rotatable bonds is 5. The highest BCUT2D eigenvalue weighted by atomic mass is 16.6. The molecule has 1 N–H and O–H groups in total. The van der Waals surface area contributed by atoms with E-state index in [2.05, 4.69) is 22.3 Å². The molecule has 31 heavy (non-hydrogen) atoms. The topological polar surface area (TPSA) is 80.3 Å². The number of benzene rings is 1. The summed E-state index contributed by atoms with van der Waals surface area (Å²) in [5.74, 6) is 1.66.